The van der Waals surface area contributed by atoms with Crippen LogP contribution in [0.4, 0.5) is 0 Å². The van der Waals surface area contributed by atoms with Gasteiger partial charge in [-0.05, 0) is 18.8 Å². The molecule has 1 aliphatic heterocycles. The van der Waals surface area contributed by atoms with Crippen LogP contribution in [-0.4, -0.2) is 16.1 Å². The van der Waals surface area contributed by atoms with Crippen molar-refractivity contribution in [3.63, 3.8) is 0 Å². The van der Waals surface area contributed by atoms with E-state index in [-0.39, 0.29) is 0 Å². The lowest BCUT2D eigenvalue weighted by molar-refractivity contribution is 0.320. The highest BCUT2D eigenvalue weighted by Gasteiger charge is 2.20. The number of imidazole rings is 1. The lowest BCUT2D eigenvalue weighted by Gasteiger charge is -2.23. The SMILES string of the molecule is CCCc1nc2c(n1CCC1CCCCC1)CCNC2. The molecule has 1 aliphatic carbocycles. The quantitative estimate of drug-likeness (QED) is 0.892. The summed E-state index contributed by atoms with van der Waals surface area (Å²) in [5, 5.41) is 3.45. The van der Waals surface area contributed by atoms with E-state index in [1.54, 1.807) is 0 Å². The first-order valence-corrected chi connectivity index (χ1v) is 8.66. The van der Waals surface area contributed by atoms with E-state index < -0.39 is 0 Å². The van der Waals surface area contributed by atoms with Crippen LogP contribution < -0.4 is 5.32 Å². The van der Waals surface area contributed by atoms with Crippen molar-refractivity contribution in [3.8, 4) is 0 Å². The minimum absolute atomic E-state index is 0.970. The Balaban J connectivity index is 1.71. The topological polar surface area (TPSA) is 29.9 Å². The number of hydrogen-bond acceptors (Lipinski definition) is 2. The van der Waals surface area contributed by atoms with Gasteiger partial charge in [-0.15, -0.1) is 0 Å². The molecule has 3 nitrogen and oxygen atoms in total. The number of aromatic nitrogens is 2. The Bertz CT molecular complexity index is 430. The first kappa shape index (κ1) is 14.1. The van der Waals surface area contributed by atoms with Crippen molar-refractivity contribution in [1.29, 1.82) is 0 Å². The first-order chi connectivity index (χ1) is 9.88. The molecule has 1 saturated carbocycles. The maximum atomic E-state index is 4.90. The Hall–Kier alpha value is -0.830. The van der Waals surface area contributed by atoms with Crippen LogP contribution in [0.15, 0.2) is 0 Å². The summed E-state index contributed by atoms with van der Waals surface area (Å²) in [6.07, 6.45) is 12.2. The van der Waals surface area contributed by atoms with Crippen LogP contribution in [0.3, 0.4) is 0 Å². The van der Waals surface area contributed by atoms with Gasteiger partial charge in [0.05, 0.1) is 5.69 Å². The Kier molecular flexibility index (Phi) is 4.77. The summed E-state index contributed by atoms with van der Waals surface area (Å²) in [5.74, 6) is 2.31. The van der Waals surface area contributed by atoms with Crippen LogP contribution in [0.2, 0.25) is 0 Å². The second-order valence-corrected chi connectivity index (χ2v) is 6.54. The molecule has 1 N–H and O–H groups in total. The lowest BCUT2D eigenvalue weighted by Crippen LogP contribution is -2.25. The first-order valence-electron chi connectivity index (χ1n) is 8.66. The fraction of sp³-hybridized carbons (Fsp3) is 0.824. The molecule has 1 aromatic heterocycles. The molecule has 112 valence electrons. The molecule has 2 aliphatic rings. The van der Waals surface area contributed by atoms with Crippen molar-refractivity contribution in [2.24, 2.45) is 5.92 Å². The van der Waals surface area contributed by atoms with Crippen LogP contribution in [0.1, 0.15) is 69.1 Å². The van der Waals surface area contributed by atoms with Crippen LogP contribution in [0.5, 0.6) is 0 Å². The smallest absolute Gasteiger partial charge is 0.109 e. The Morgan fingerprint density at radius 3 is 2.90 bits per heavy atom. The van der Waals surface area contributed by atoms with Gasteiger partial charge in [0.25, 0.3) is 0 Å². The normalized spacial score (nSPS) is 20.1. The van der Waals surface area contributed by atoms with Crippen LogP contribution in [0.25, 0.3) is 0 Å². The van der Waals surface area contributed by atoms with Gasteiger partial charge in [0.15, 0.2) is 0 Å². The fourth-order valence-corrected chi connectivity index (χ4v) is 3.89. The number of rotatable bonds is 5. The van der Waals surface area contributed by atoms with Crippen molar-refractivity contribution in [3.05, 3.63) is 17.2 Å². The van der Waals surface area contributed by atoms with Gasteiger partial charge in [-0.1, -0.05) is 39.0 Å². The van der Waals surface area contributed by atoms with Crippen molar-refractivity contribution in [2.45, 2.75) is 77.8 Å². The van der Waals surface area contributed by atoms with E-state index in [1.807, 2.05) is 0 Å². The van der Waals surface area contributed by atoms with Gasteiger partial charge in [-0.25, -0.2) is 4.98 Å². The van der Waals surface area contributed by atoms with Crippen LogP contribution in [-0.2, 0) is 25.9 Å². The maximum Gasteiger partial charge on any atom is 0.109 e. The molecule has 0 radical (unpaired) electrons. The molecular weight excluding hydrogens is 246 g/mol. The molecule has 0 amide bonds. The second-order valence-electron chi connectivity index (χ2n) is 6.54. The van der Waals surface area contributed by atoms with E-state index in [2.05, 4.69) is 16.8 Å². The molecule has 20 heavy (non-hydrogen) atoms. The average Bonchev–Trinajstić information content (AvgIpc) is 2.84. The molecule has 3 rings (SSSR count). The minimum atomic E-state index is 0.970. The van der Waals surface area contributed by atoms with E-state index in [9.17, 15) is 0 Å². The Labute approximate surface area is 123 Å². The predicted octanol–water partition coefficient (Wildman–Crippen LogP) is 3.45. The third kappa shape index (κ3) is 3.08. The fourth-order valence-electron chi connectivity index (χ4n) is 3.89. The van der Waals surface area contributed by atoms with Crippen molar-refractivity contribution in [2.75, 3.05) is 6.54 Å². The van der Waals surface area contributed by atoms with E-state index >= 15 is 0 Å². The van der Waals surface area contributed by atoms with Crippen LogP contribution >= 0.6 is 0 Å². The monoisotopic (exact) mass is 275 g/mol. The lowest BCUT2D eigenvalue weighted by atomic mass is 9.87. The molecule has 0 bridgehead atoms. The molecule has 3 heteroatoms. The van der Waals surface area contributed by atoms with Gasteiger partial charge in [0.2, 0.25) is 0 Å². The van der Waals surface area contributed by atoms with Crippen molar-refractivity contribution >= 4 is 0 Å². The van der Waals surface area contributed by atoms with Gasteiger partial charge >= 0.3 is 0 Å². The zero-order valence-corrected chi connectivity index (χ0v) is 13.0. The summed E-state index contributed by atoms with van der Waals surface area (Å²) in [6.45, 7) is 5.57. The zero-order chi connectivity index (χ0) is 13.8. The molecule has 0 saturated heterocycles. The Morgan fingerprint density at radius 2 is 2.10 bits per heavy atom. The summed E-state index contributed by atoms with van der Waals surface area (Å²) in [6, 6.07) is 0. The van der Waals surface area contributed by atoms with Gasteiger partial charge in [0.1, 0.15) is 5.82 Å². The van der Waals surface area contributed by atoms with E-state index in [0.717, 1.165) is 31.8 Å². The molecule has 1 fully saturated rings. The Morgan fingerprint density at radius 1 is 1.25 bits per heavy atom. The van der Waals surface area contributed by atoms with E-state index in [1.165, 1.54) is 68.7 Å². The van der Waals surface area contributed by atoms with E-state index in [4.69, 9.17) is 4.98 Å². The van der Waals surface area contributed by atoms with E-state index in [0.29, 0.717) is 0 Å². The average molecular weight is 275 g/mol. The maximum absolute atomic E-state index is 4.90. The number of nitrogens with one attached hydrogen (secondary N) is 1. The summed E-state index contributed by atoms with van der Waals surface area (Å²) in [7, 11) is 0. The van der Waals surface area contributed by atoms with Crippen molar-refractivity contribution < 1.29 is 0 Å². The third-order valence-electron chi connectivity index (χ3n) is 5.02. The standard InChI is InChI=1S/C17H29N3/c1-2-6-17-19-15-13-18-11-9-16(15)20(17)12-10-14-7-4-3-5-8-14/h14,18H,2-13H2,1H3. The number of aryl methyl sites for hydroxylation is 1. The third-order valence-corrected chi connectivity index (χ3v) is 5.02. The zero-order valence-electron chi connectivity index (χ0n) is 13.0. The highest BCUT2D eigenvalue weighted by atomic mass is 15.1. The minimum Gasteiger partial charge on any atom is -0.332 e. The van der Waals surface area contributed by atoms with Gasteiger partial charge in [-0.2, -0.15) is 0 Å². The summed E-state index contributed by atoms with van der Waals surface area (Å²) in [4.78, 5) is 4.90. The molecule has 2 heterocycles. The number of hydrogen-bond donors (Lipinski definition) is 1. The summed E-state index contributed by atoms with van der Waals surface area (Å²) < 4.78 is 2.58. The highest BCUT2D eigenvalue weighted by Crippen LogP contribution is 2.28. The summed E-state index contributed by atoms with van der Waals surface area (Å²) >= 11 is 0. The predicted molar refractivity (Wildman–Crippen MR) is 82.8 cm³/mol. The highest BCUT2D eigenvalue weighted by molar-refractivity contribution is 5.20. The molecule has 0 aromatic carbocycles. The van der Waals surface area contributed by atoms with Crippen molar-refractivity contribution in [1.82, 2.24) is 14.9 Å². The molecule has 0 spiro atoms. The molecule has 0 unspecified atom stereocenters. The molecular formula is C17H29N3. The van der Waals surface area contributed by atoms with Gasteiger partial charge < -0.3 is 9.88 Å². The largest absolute Gasteiger partial charge is 0.332 e. The number of nitrogens with zero attached hydrogens (tertiary/aromatic N) is 2. The second kappa shape index (κ2) is 6.75. The van der Waals surface area contributed by atoms with Gasteiger partial charge in [-0.3, -0.25) is 0 Å². The number of fused-ring (bicyclic) bond motifs is 1. The van der Waals surface area contributed by atoms with Crippen LogP contribution in [0, 0.1) is 5.92 Å². The molecule has 1 aromatic rings. The molecule has 0 atom stereocenters. The van der Waals surface area contributed by atoms with Gasteiger partial charge in [0, 0.05) is 38.2 Å². The summed E-state index contributed by atoms with van der Waals surface area (Å²) in [5.41, 5.74) is 2.85.